The van der Waals surface area contributed by atoms with Crippen molar-refractivity contribution in [2.45, 2.75) is 85.4 Å². The Balaban J connectivity index is 1.66. The van der Waals surface area contributed by atoms with E-state index in [1.165, 1.54) is 26.7 Å². The predicted molar refractivity (Wildman–Crippen MR) is 110 cm³/mol. The molecule has 2 saturated heterocycles. The van der Waals surface area contributed by atoms with Crippen LogP contribution in [0.4, 0.5) is 0 Å². The number of hydrogen-bond acceptors (Lipinski definition) is 7. The lowest BCUT2D eigenvalue weighted by Gasteiger charge is -2.51. The van der Waals surface area contributed by atoms with Crippen LogP contribution in [0.15, 0.2) is 12.2 Å². The van der Waals surface area contributed by atoms with Gasteiger partial charge in [-0.3, -0.25) is 9.59 Å². The Bertz CT molecular complexity index is 802. The lowest BCUT2D eigenvalue weighted by molar-refractivity contribution is -0.209. The number of rotatable bonds is 4. The van der Waals surface area contributed by atoms with Gasteiger partial charge in [0.05, 0.1) is 11.8 Å². The molecule has 2 aliphatic carbocycles. The Morgan fingerprint density at radius 1 is 1.06 bits per heavy atom. The highest BCUT2D eigenvalue weighted by Gasteiger charge is 2.63. The number of esters is 3. The summed E-state index contributed by atoms with van der Waals surface area (Å²) in [5.74, 6) is -2.02. The fourth-order valence-electron chi connectivity index (χ4n) is 7.23. The van der Waals surface area contributed by atoms with E-state index in [2.05, 4.69) is 27.4 Å². The third-order valence-corrected chi connectivity index (χ3v) is 8.37. The molecule has 8 unspecified atom stereocenters. The molecule has 31 heavy (non-hydrogen) atoms. The van der Waals surface area contributed by atoms with Gasteiger partial charge in [-0.05, 0) is 48.3 Å². The molecule has 7 heteroatoms. The number of ether oxygens (including phenoxy) is 4. The smallest absolute Gasteiger partial charge is 0.350 e. The van der Waals surface area contributed by atoms with Gasteiger partial charge < -0.3 is 18.9 Å². The van der Waals surface area contributed by atoms with Gasteiger partial charge in [-0.2, -0.15) is 0 Å². The van der Waals surface area contributed by atoms with Crippen LogP contribution in [-0.4, -0.2) is 36.6 Å². The van der Waals surface area contributed by atoms with Gasteiger partial charge in [0.15, 0.2) is 0 Å². The van der Waals surface area contributed by atoms with E-state index in [-0.39, 0.29) is 16.7 Å². The van der Waals surface area contributed by atoms with E-state index in [0.717, 1.165) is 24.8 Å². The van der Waals surface area contributed by atoms with Gasteiger partial charge in [0, 0.05) is 13.8 Å². The molecule has 2 saturated carbocycles. The summed E-state index contributed by atoms with van der Waals surface area (Å²) in [6.07, 6.45) is 2.60. The van der Waals surface area contributed by atoms with E-state index in [1.807, 2.05) is 0 Å². The summed E-state index contributed by atoms with van der Waals surface area (Å²) in [4.78, 5) is 35.9. The van der Waals surface area contributed by atoms with Crippen LogP contribution in [-0.2, 0) is 33.3 Å². The predicted octanol–water partition coefficient (Wildman–Crippen LogP) is 3.75. The summed E-state index contributed by atoms with van der Waals surface area (Å²) in [6.45, 7) is 14.1. The van der Waals surface area contributed by atoms with Crippen molar-refractivity contribution in [3.8, 4) is 0 Å². The molecule has 4 fully saturated rings. The minimum atomic E-state index is -1.19. The minimum Gasteiger partial charge on any atom is -0.450 e. The molecule has 0 spiro atoms. The van der Waals surface area contributed by atoms with Crippen molar-refractivity contribution in [1.29, 1.82) is 0 Å². The Kier molecular flexibility index (Phi) is 5.48. The second-order valence-electron chi connectivity index (χ2n) is 10.7. The third kappa shape index (κ3) is 3.59. The molecule has 8 atom stereocenters. The standard InChI is InChI=1S/C24H34O7/c1-12(15-8-9-16-23(4,5)10-7-11-24(15,16)6)17-18-19(28-13(2)25)20(27)30-21(17)31-22(18)29-14(3)26/h15-19,21-22H,1,7-11H2,2-6H3. The van der Waals surface area contributed by atoms with Crippen molar-refractivity contribution in [2.75, 3.05) is 0 Å². The lowest BCUT2D eigenvalue weighted by Crippen LogP contribution is -2.50. The zero-order chi connectivity index (χ0) is 22.7. The van der Waals surface area contributed by atoms with E-state index in [4.69, 9.17) is 18.9 Å². The molecule has 0 radical (unpaired) electrons. The van der Waals surface area contributed by atoms with Crippen LogP contribution in [0.2, 0.25) is 0 Å². The van der Waals surface area contributed by atoms with Crippen LogP contribution in [0.3, 0.4) is 0 Å². The van der Waals surface area contributed by atoms with Gasteiger partial charge in [-0.25, -0.2) is 4.79 Å². The normalized spacial score (nSPS) is 43.0. The number of carbonyl (C=O) groups excluding carboxylic acids is 3. The second kappa shape index (κ2) is 7.61. The summed E-state index contributed by atoms with van der Waals surface area (Å²) < 4.78 is 22.1. The average Bonchev–Trinajstić information content (AvgIpc) is 3.13. The van der Waals surface area contributed by atoms with Crippen LogP contribution >= 0.6 is 0 Å². The average molecular weight is 435 g/mol. The van der Waals surface area contributed by atoms with Crippen molar-refractivity contribution < 1.29 is 33.3 Å². The van der Waals surface area contributed by atoms with Crippen LogP contribution in [0, 0.1) is 34.5 Å². The van der Waals surface area contributed by atoms with Crippen LogP contribution < -0.4 is 0 Å². The van der Waals surface area contributed by atoms with Crippen molar-refractivity contribution in [2.24, 2.45) is 34.5 Å². The first-order chi connectivity index (χ1) is 14.5. The zero-order valence-electron chi connectivity index (χ0n) is 19.1. The van der Waals surface area contributed by atoms with Crippen molar-refractivity contribution in [1.82, 2.24) is 0 Å². The topological polar surface area (TPSA) is 88.1 Å². The van der Waals surface area contributed by atoms with E-state index in [9.17, 15) is 14.4 Å². The first kappa shape index (κ1) is 22.3. The molecule has 172 valence electrons. The molecule has 7 nitrogen and oxygen atoms in total. The minimum absolute atomic E-state index is 0.105. The molecule has 0 aromatic heterocycles. The van der Waals surface area contributed by atoms with Crippen molar-refractivity contribution in [3.63, 3.8) is 0 Å². The van der Waals surface area contributed by atoms with Crippen molar-refractivity contribution >= 4 is 17.9 Å². The maximum absolute atomic E-state index is 12.5. The number of carbonyl (C=O) groups is 3. The molecule has 0 N–H and O–H groups in total. The fraction of sp³-hybridized carbons (Fsp3) is 0.792. The van der Waals surface area contributed by atoms with E-state index in [1.54, 1.807) is 0 Å². The highest BCUT2D eigenvalue weighted by Crippen LogP contribution is 2.64. The summed E-state index contributed by atoms with van der Waals surface area (Å²) in [5, 5.41) is 0. The first-order valence-corrected chi connectivity index (χ1v) is 11.3. The third-order valence-electron chi connectivity index (χ3n) is 8.37. The summed E-state index contributed by atoms with van der Waals surface area (Å²) >= 11 is 0. The molecule has 4 aliphatic rings. The van der Waals surface area contributed by atoms with Crippen molar-refractivity contribution in [3.05, 3.63) is 12.2 Å². The van der Waals surface area contributed by atoms with E-state index < -0.39 is 48.4 Å². The Hall–Kier alpha value is -1.89. The van der Waals surface area contributed by atoms with E-state index in [0.29, 0.717) is 5.92 Å². The van der Waals surface area contributed by atoms with Gasteiger partial charge in [-0.1, -0.05) is 39.3 Å². The molecule has 2 bridgehead atoms. The maximum atomic E-state index is 12.5. The van der Waals surface area contributed by atoms with Crippen LogP contribution in [0.25, 0.3) is 0 Å². The Morgan fingerprint density at radius 2 is 1.74 bits per heavy atom. The maximum Gasteiger partial charge on any atom is 0.350 e. The molecule has 2 heterocycles. The second-order valence-corrected chi connectivity index (χ2v) is 10.7. The summed E-state index contributed by atoms with van der Waals surface area (Å²) in [6, 6.07) is 0. The molecule has 0 aromatic carbocycles. The Labute approximate surface area is 183 Å². The number of fused-ring (bicyclic) bond motifs is 3. The van der Waals surface area contributed by atoms with Gasteiger partial charge in [0.1, 0.15) is 0 Å². The molecule has 0 aromatic rings. The SMILES string of the molecule is C=C(C1C2OC(=O)C(OC(C)=O)C1C(OC(C)=O)O2)C1CCC2C(C)(C)CCCC12C. The highest BCUT2D eigenvalue weighted by atomic mass is 16.8. The van der Waals surface area contributed by atoms with Gasteiger partial charge in [0.25, 0.3) is 0 Å². The largest absolute Gasteiger partial charge is 0.450 e. The fourth-order valence-corrected chi connectivity index (χ4v) is 7.23. The molecular formula is C24H34O7. The van der Waals surface area contributed by atoms with E-state index >= 15 is 0 Å². The van der Waals surface area contributed by atoms with Gasteiger partial charge >= 0.3 is 17.9 Å². The highest BCUT2D eigenvalue weighted by molar-refractivity contribution is 5.80. The zero-order valence-corrected chi connectivity index (χ0v) is 19.1. The van der Waals surface area contributed by atoms with Gasteiger partial charge in [0.2, 0.25) is 18.7 Å². The van der Waals surface area contributed by atoms with Crippen LogP contribution in [0.5, 0.6) is 0 Å². The summed E-state index contributed by atoms with van der Waals surface area (Å²) in [5.41, 5.74) is 1.34. The molecule has 2 aliphatic heterocycles. The number of hydrogen-bond donors (Lipinski definition) is 0. The summed E-state index contributed by atoms with van der Waals surface area (Å²) in [7, 11) is 0. The molecule has 4 rings (SSSR count). The monoisotopic (exact) mass is 434 g/mol. The Morgan fingerprint density at radius 3 is 2.39 bits per heavy atom. The first-order valence-electron chi connectivity index (χ1n) is 11.3. The molecular weight excluding hydrogens is 400 g/mol. The van der Waals surface area contributed by atoms with Gasteiger partial charge in [-0.15, -0.1) is 0 Å². The molecule has 0 amide bonds. The quantitative estimate of drug-likeness (QED) is 0.378. The van der Waals surface area contributed by atoms with Crippen LogP contribution in [0.1, 0.15) is 66.7 Å². The lowest BCUT2D eigenvalue weighted by atomic mass is 9.54.